The van der Waals surface area contributed by atoms with Crippen LogP contribution in [0.4, 0.5) is 4.39 Å². The molecule has 0 aliphatic carbocycles. The van der Waals surface area contributed by atoms with Gasteiger partial charge in [-0.05, 0) is 35.1 Å². The van der Waals surface area contributed by atoms with Crippen LogP contribution in [0.25, 0.3) is 11.1 Å². The molecule has 0 aliphatic rings. The fraction of sp³-hybridized carbons (Fsp3) is 0.278. The molecule has 3 aromatic rings. The highest BCUT2D eigenvalue weighted by Gasteiger charge is 2.26. The Morgan fingerprint density at radius 1 is 1.30 bits per heavy atom. The van der Waals surface area contributed by atoms with E-state index in [9.17, 15) is 12.8 Å². The first kappa shape index (κ1) is 20.0. The first-order chi connectivity index (χ1) is 12.7. The number of nitrogens with zero attached hydrogens (tertiary/aromatic N) is 2. The van der Waals surface area contributed by atoms with Crippen LogP contribution in [-0.2, 0) is 23.0 Å². The standard InChI is InChI=1S/C18H19ClFN3O2S2/c1-11(2)9-14-16(20)15(17(26-14)27(21,24)25)13-5-3-12(4-6-13)10-23-8-7-22-18(23)19/h3-8,11H,9-10H2,1-2H3,(H2,21,24,25). The second-order valence-electron chi connectivity index (χ2n) is 6.67. The van der Waals surface area contributed by atoms with E-state index < -0.39 is 15.8 Å². The van der Waals surface area contributed by atoms with E-state index in [1.165, 1.54) is 0 Å². The molecule has 0 atom stereocenters. The van der Waals surface area contributed by atoms with Crippen molar-refractivity contribution in [2.45, 2.75) is 31.0 Å². The normalized spacial score (nSPS) is 12.1. The minimum atomic E-state index is -4.03. The van der Waals surface area contributed by atoms with Crippen LogP contribution in [0.1, 0.15) is 24.3 Å². The Hall–Kier alpha value is -1.74. The zero-order valence-corrected chi connectivity index (χ0v) is 17.2. The monoisotopic (exact) mass is 427 g/mol. The van der Waals surface area contributed by atoms with Gasteiger partial charge in [0.05, 0.1) is 0 Å². The Kier molecular flexibility index (Phi) is 5.71. The van der Waals surface area contributed by atoms with Crippen LogP contribution >= 0.6 is 22.9 Å². The summed E-state index contributed by atoms with van der Waals surface area (Å²) < 4.78 is 40.6. The molecule has 0 saturated carbocycles. The maximum absolute atomic E-state index is 15.0. The molecule has 1 aromatic carbocycles. The van der Waals surface area contributed by atoms with Gasteiger partial charge in [0.2, 0.25) is 15.3 Å². The average molecular weight is 428 g/mol. The van der Waals surface area contributed by atoms with Crippen molar-refractivity contribution >= 4 is 33.0 Å². The van der Waals surface area contributed by atoms with Gasteiger partial charge in [0, 0.05) is 29.4 Å². The third-order valence-corrected chi connectivity index (χ3v) is 6.96. The molecule has 0 saturated heterocycles. The number of nitrogens with two attached hydrogens (primary N) is 1. The fourth-order valence-electron chi connectivity index (χ4n) is 2.79. The van der Waals surface area contributed by atoms with E-state index in [2.05, 4.69) is 4.98 Å². The lowest BCUT2D eigenvalue weighted by atomic mass is 10.0. The predicted octanol–water partition coefficient (Wildman–Crippen LogP) is 4.30. The molecule has 2 heterocycles. The van der Waals surface area contributed by atoms with Gasteiger partial charge in [-0.2, -0.15) is 0 Å². The lowest BCUT2D eigenvalue weighted by molar-refractivity contribution is 0.584. The van der Waals surface area contributed by atoms with E-state index in [1.807, 2.05) is 13.8 Å². The minimum absolute atomic E-state index is 0.0466. The molecule has 144 valence electrons. The molecule has 0 aliphatic heterocycles. The maximum atomic E-state index is 15.0. The molecule has 2 N–H and O–H groups in total. The third kappa shape index (κ3) is 4.40. The van der Waals surface area contributed by atoms with Crippen molar-refractivity contribution in [1.82, 2.24) is 9.55 Å². The van der Waals surface area contributed by atoms with Gasteiger partial charge in [-0.3, -0.25) is 0 Å². The highest BCUT2D eigenvalue weighted by molar-refractivity contribution is 7.91. The molecule has 5 nitrogen and oxygen atoms in total. The molecule has 27 heavy (non-hydrogen) atoms. The number of thiophene rings is 1. The Bertz CT molecular complexity index is 1060. The number of rotatable bonds is 6. The summed E-state index contributed by atoms with van der Waals surface area (Å²) in [5, 5.41) is 5.71. The van der Waals surface area contributed by atoms with E-state index in [1.54, 1.807) is 41.2 Å². The van der Waals surface area contributed by atoms with Crippen LogP contribution in [0.15, 0.2) is 40.9 Å². The Morgan fingerprint density at radius 2 is 1.96 bits per heavy atom. The van der Waals surface area contributed by atoms with Crippen molar-refractivity contribution in [3.8, 4) is 11.1 Å². The van der Waals surface area contributed by atoms with Gasteiger partial charge in [-0.15, -0.1) is 11.3 Å². The van der Waals surface area contributed by atoms with Gasteiger partial charge in [-0.1, -0.05) is 38.1 Å². The van der Waals surface area contributed by atoms with Gasteiger partial charge in [0.1, 0.15) is 10.0 Å². The van der Waals surface area contributed by atoms with Crippen LogP contribution in [0.3, 0.4) is 0 Å². The van der Waals surface area contributed by atoms with Gasteiger partial charge in [0.15, 0.2) is 0 Å². The lowest BCUT2D eigenvalue weighted by Crippen LogP contribution is -2.11. The molecule has 9 heteroatoms. The zero-order valence-electron chi connectivity index (χ0n) is 14.8. The second kappa shape index (κ2) is 7.71. The first-order valence-corrected chi connectivity index (χ1v) is 11.0. The van der Waals surface area contributed by atoms with Crippen molar-refractivity contribution in [2.24, 2.45) is 11.1 Å². The molecule has 3 rings (SSSR count). The molecular weight excluding hydrogens is 409 g/mol. The molecule has 0 radical (unpaired) electrons. The second-order valence-corrected chi connectivity index (χ2v) is 9.87. The van der Waals surface area contributed by atoms with Crippen LogP contribution in [0.5, 0.6) is 0 Å². The van der Waals surface area contributed by atoms with Crippen LogP contribution in [0.2, 0.25) is 5.28 Å². The first-order valence-electron chi connectivity index (χ1n) is 8.26. The molecule has 0 amide bonds. The predicted molar refractivity (Wildman–Crippen MR) is 106 cm³/mol. The van der Waals surface area contributed by atoms with Crippen molar-refractivity contribution < 1.29 is 12.8 Å². The topological polar surface area (TPSA) is 78.0 Å². The summed E-state index contributed by atoms with van der Waals surface area (Å²) >= 11 is 6.88. The Labute approximate surface area is 166 Å². The van der Waals surface area contributed by atoms with Crippen LogP contribution in [-0.4, -0.2) is 18.0 Å². The number of hydrogen-bond donors (Lipinski definition) is 1. The lowest BCUT2D eigenvalue weighted by Gasteiger charge is -2.07. The molecule has 0 fully saturated rings. The molecule has 0 bridgehead atoms. The van der Waals surface area contributed by atoms with Gasteiger partial charge >= 0.3 is 0 Å². The molecule has 2 aromatic heterocycles. The fourth-order valence-corrected chi connectivity index (χ4v) is 5.36. The summed E-state index contributed by atoms with van der Waals surface area (Å²) in [4.78, 5) is 4.36. The molecule has 0 spiro atoms. The quantitative estimate of drug-likeness (QED) is 0.637. The summed E-state index contributed by atoms with van der Waals surface area (Å²) in [6.07, 6.45) is 3.81. The number of primary sulfonamides is 1. The average Bonchev–Trinajstić information content (AvgIpc) is 3.12. The van der Waals surface area contributed by atoms with Gasteiger partial charge < -0.3 is 4.57 Å². The molecule has 0 unspecified atom stereocenters. The van der Waals surface area contributed by atoms with E-state index in [0.29, 0.717) is 28.7 Å². The summed E-state index contributed by atoms with van der Waals surface area (Å²) in [5.41, 5.74) is 1.45. The number of imidazole rings is 1. The summed E-state index contributed by atoms with van der Waals surface area (Å²) in [7, 11) is -4.03. The zero-order chi connectivity index (χ0) is 19.8. The van der Waals surface area contributed by atoms with Gasteiger partial charge in [0.25, 0.3) is 0 Å². The smallest absolute Gasteiger partial charge is 0.248 e. The maximum Gasteiger partial charge on any atom is 0.248 e. The van der Waals surface area contributed by atoms with Crippen molar-refractivity contribution in [1.29, 1.82) is 0 Å². The van der Waals surface area contributed by atoms with Crippen LogP contribution < -0.4 is 5.14 Å². The summed E-state index contributed by atoms with van der Waals surface area (Å²) in [6.45, 7) is 4.41. The van der Waals surface area contributed by atoms with E-state index >= 15 is 0 Å². The Balaban J connectivity index is 2.00. The van der Waals surface area contributed by atoms with E-state index in [4.69, 9.17) is 16.7 Å². The SMILES string of the molecule is CC(C)Cc1sc(S(N)(=O)=O)c(-c2ccc(Cn3ccnc3Cl)cc2)c1F. The number of halogens is 2. The number of aromatic nitrogens is 2. The molecular formula is C18H19ClFN3O2S2. The summed E-state index contributed by atoms with van der Waals surface area (Å²) in [5.74, 6) is -0.315. The number of sulfonamides is 1. The van der Waals surface area contributed by atoms with Gasteiger partial charge in [-0.25, -0.2) is 22.9 Å². The summed E-state index contributed by atoms with van der Waals surface area (Å²) in [6, 6.07) is 6.99. The third-order valence-electron chi connectivity index (χ3n) is 4.00. The highest BCUT2D eigenvalue weighted by atomic mass is 35.5. The van der Waals surface area contributed by atoms with Crippen LogP contribution in [0, 0.1) is 11.7 Å². The largest absolute Gasteiger partial charge is 0.317 e. The van der Waals surface area contributed by atoms with Crippen molar-refractivity contribution in [2.75, 3.05) is 0 Å². The Morgan fingerprint density at radius 3 is 2.48 bits per heavy atom. The number of hydrogen-bond acceptors (Lipinski definition) is 4. The van der Waals surface area contributed by atoms with E-state index in [0.717, 1.165) is 16.9 Å². The highest BCUT2D eigenvalue weighted by Crippen LogP contribution is 2.39. The van der Waals surface area contributed by atoms with Crippen molar-refractivity contribution in [3.05, 3.63) is 58.2 Å². The van der Waals surface area contributed by atoms with E-state index in [-0.39, 0.29) is 15.7 Å². The number of benzene rings is 1. The van der Waals surface area contributed by atoms with Crippen molar-refractivity contribution in [3.63, 3.8) is 0 Å². The minimum Gasteiger partial charge on any atom is -0.317 e.